The van der Waals surface area contributed by atoms with Gasteiger partial charge in [-0.2, -0.15) is 5.10 Å². The number of carbonyl (C=O) groups is 1. The van der Waals surface area contributed by atoms with Gasteiger partial charge in [-0.25, -0.2) is 4.68 Å². The van der Waals surface area contributed by atoms with Crippen molar-refractivity contribution < 1.29 is 9.21 Å². The number of rotatable bonds is 3. The van der Waals surface area contributed by atoms with E-state index in [1.54, 1.807) is 24.5 Å². The van der Waals surface area contributed by atoms with E-state index in [1.165, 1.54) is 4.68 Å². The van der Waals surface area contributed by atoms with Crippen LogP contribution in [0, 0.1) is 0 Å². The Kier molecular flexibility index (Phi) is 4.11. The number of fused-ring (bicyclic) bond motifs is 2. The molecule has 1 atom stereocenters. The molecule has 4 rings (SSSR count). The van der Waals surface area contributed by atoms with Crippen LogP contribution in [0.4, 0.5) is 0 Å². The standard InChI is InChI=1S/C20H21N3O3/c1-12(2)23-20(25)14-7-4-3-6-13(14)18(22-23)19(24)21-16-8-5-9-17-15(16)10-11-26-17/h3-4,6-7,10-12,16H,5,8-9H2,1-2H3,(H,21,24). The second kappa shape index (κ2) is 6.44. The maximum Gasteiger partial charge on any atom is 0.274 e. The zero-order valence-electron chi connectivity index (χ0n) is 14.9. The minimum absolute atomic E-state index is 0.0926. The van der Waals surface area contributed by atoms with Crippen LogP contribution in [-0.2, 0) is 6.42 Å². The Hall–Kier alpha value is -2.89. The van der Waals surface area contributed by atoms with Crippen molar-refractivity contribution in [2.75, 3.05) is 0 Å². The molecule has 0 radical (unpaired) electrons. The maximum atomic E-state index is 13.0. The molecule has 1 unspecified atom stereocenters. The van der Waals surface area contributed by atoms with Crippen LogP contribution in [0.25, 0.3) is 10.8 Å². The van der Waals surface area contributed by atoms with Crippen molar-refractivity contribution in [3.8, 4) is 0 Å². The molecule has 0 aliphatic heterocycles. The average Bonchev–Trinajstić information content (AvgIpc) is 3.11. The van der Waals surface area contributed by atoms with Crippen molar-refractivity contribution in [3.05, 3.63) is 64.0 Å². The van der Waals surface area contributed by atoms with Crippen molar-refractivity contribution in [2.24, 2.45) is 0 Å². The molecule has 1 aromatic carbocycles. The van der Waals surface area contributed by atoms with Gasteiger partial charge in [0.25, 0.3) is 11.5 Å². The first-order valence-electron chi connectivity index (χ1n) is 8.95. The molecule has 0 spiro atoms. The Bertz CT molecular complexity index is 1030. The van der Waals surface area contributed by atoms with Gasteiger partial charge in [0.05, 0.1) is 23.7 Å². The lowest BCUT2D eigenvalue weighted by Gasteiger charge is -2.23. The number of carbonyl (C=O) groups excluding carboxylic acids is 1. The predicted octanol–water partition coefficient (Wildman–Crippen LogP) is 3.38. The number of furan rings is 1. The zero-order chi connectivity index (χ0) is 18.3. The fourth-order valence-electron chi connectivity index (χ4n) is 3.59. The molecule has 6 heteroatoms. The van der Waals surface area contributed by atoms with Crippen LogP contribution in [0.2, 0.25) is 0 Å². The van der Waals surface area contributed by atoms with E-state index in [-0.39, 0.29) is 29.2 Å². The zero-order valence-corrected chi connectivity index (χ0v) is 14.9. The molecule has 1 N–H and O–H groups in total. The van der Waals surface area contributed by atoms with Crippen molar-refractivity contribution in [1.82, 2.24) is 15.1 Å². The molecule has 1 aliphatic rings. The Morgan fingerprint density at radius 1 is 1.27 bits per heavy atom. The maximum absolute atomic E-state index is 13.0. The summed E-state index contributed by atoms with van der Waals surface area (Å²) in [5, 5.41) is 8.54. The molecule has 2 aromatic heterocycles. The third-order valence-corrected chi connectivity index (χ3v) is 4.89. The topological polar surface area (TPSA) is 77.1 Å². The minimum atomic E-state index is -0.269. The van der Waals surface area contributed by atoms with Crippen molar-refractivity contribution in [1.29, 1.82) is 0 Å². The molecule has 26 heavy (non-hydrogen) atoms. The fourth-order valence-corrected chi connectivity index (χ4v) is 3.59. The molecular formula is C20H21N3O3. The van der Waals surface area contributed by atoms with Crippen LogP contribution >= 0.6 is 0 Å². The second-order valence-electron chi connectivity index (χ2n) is 6.96. The lowest BCUT2D eigenvalue weighted by atomic mass is 9.93. The number of hydrogen-bond acceptors (Lipinski definition) is 4. The molecule has 1 amide bonds. The largest absolute Gasteiger partial charge is 0.469 e. The monoisotopic (exact) mass is 351 g/mol. The van der Waals surface area contributed by atoms with E-state index < -0.39 is 0 Å². The lowest BCUT2D eigenvalue weighted by Crippen LogP contribution is -2.34. The van der Waals surface area contributed by atoms with Crippen LogP contribution in [0.15, 0.2) is 45.8 Å². The number of nitrogens with one attached hydrogen (secondary N) is 1. The first kappa shape index (κ1) is 16.6. The summed E-state index contributed by atoms with van der Waals surface area (Å²) in [6, 6.07) is 8.82. The Morgan fingerprint density at radius 3 is 2.81 bits per heavy atom. The van der Waals surface area contributed by atoms with Crippen molar-refractivity contribution >= 4 is 16.7 Å². The van der Waals surface area contributed by atoms with Gasteiger partial charge in [-0.05, 0) is 38.8 Å². The Labute approximate surface area is 150 Å². The van der Waals surface area contributed by atoms with E-state index in [9.17, 15) is 9.59 Å². The average molecular weight is 351 g/mol. The summed E-state index contributed by atoms with van der Waals surface area (Å²) in [5.74, 6) is 0.668. The molecule has 0 saturated carbocycles. The van der Waals surface area contributed by atoms with E-state index in [4.69, 9.17) is 4.42 Å². The molecule has 0 fully saturated rings. The number of nitrogens with zero attached hydrogens (tertiary/aromatic N) is 2. The summed E-state index contributed by atoms with van der Waals surface area (Å²) < 4.78 is 6.87. The highest BCUT2D eigenvalue weighted by atomic mass is 16.3. The number of benzene rings is 1. The van der Waals surface area contributed by atoms with Crippen molar-refractivity contribution in [3.63, 3.8) is 0 Å². The van der Waals surface area contributed by atoms with Gasteiger partial charge in [-0.15, -0.1) is 0 Å². The first-order chi connectivity index (χ1) is 12.6. The van der Waals surface area contributed by atoms with Gasteiger partial charge in [0.15, 0.2) is 5.69 Å². The van der Waals surface area contributed by atoms with Gasteiger partial charge in [-0.1, -0.05) is 18.2 Å². The van der Waals surface area contributed by atoms with Crippen LogP contribution in [-0.4, -0.2) is 15.7 Å². The van der Waals surface area contributed by atoms with Gasteiger partial charge in [0.2, 0.25) is 0 Å². The third kappa shape index (κ3) is 2.71. The summed E-state index contributed by atoms with van der Waals surface area (Å²) >= 11 is 0. The van der Waals surface area contributed by atoms with Gasteiger partial charge in [0, 0.05) is 17.4 Å². The Balaban J connectivity index is 1.76. The molecule has 2 heterocycles. The predicted molar refractivity (Wildman–Crippen MR) is 98.2 cm³/mol. The second-order valence-corrected chi connectivity index (χ2v) is 6.96. The molecular weight excluding hydrogens is 330 g/mol. The van der Waals surface area contributed by atoms with Gasteiger partial charge in [0.1, 0.15) is 5.76 Å². The van der Waals surface area contributed by atoms with E-state index in [0.717, 1.165) is 30.6 Å². The summed E-state index contributed by atoms with van der Waals surface area (Å²) in [6.07, 6.45) is 4.39. The van der Waals surface area contributed by atoms with E-state index >= 15 is 0 Å². The SMILES string of the molecule is CC(C)n1nc(C(=O)NC2CCCc3occc32)c2ccccc2c1=O. The van der Waals surface area contributed by atoms with Gasteiger partial charge >= 0.3 is 0 Å². The normalized spacial score (nSPS) is 16.7. The molecule has 3 aromatic rings. The molecule has 1 aliphatic carbocycles. The summed E-state index contributed by atoms with van der Waals surface area (Å²) in [4.78, 5) is 25.6. The summed E-state index contributed by atoms with van der Waals surface area (Å²) in [6.45, 7) is 3.76. The highest BCUT2D eigenvalue weighted by Gasteiger charge is 2.26. The van der Waals surface area contributed by atoms with Crippen LogP contribution in [0.1, 0.15) is 60.6 Å². The third-order valence-electron chi connectivity index (χ3n) is 4.89. The van der Waals surface area contributed by atoms with Gasteiger partial charge in [-0.3, -0.25) is 9.59 Å². The van der Waals surface area contributed by atoms with Crippen LogP contribution in [0.5, 0.6) is 0 Å². The minimum Gasteiger partial charge on any atom is -0.469 e. The summed E-state index contributed by atoms with van der Waals surface area (Å²) in [5.41, 5.74) is 1.14. The molecule has 6 nitrogen and oxygen atoms in total. The van der Waals surface area contributed by atoms with Crippen molar-refractivity contribution in [2.45, 2.75) is 45.2 Å². The fraction of sp³-hybridized carbons (Fsp3) is 0.350. The highest BCUT2D eigenvalue weighted by molar-refractivity contribution is 6.04. The van der Waals surface area contributed by atoms with E-state index in [2.05, 4.69) is 10.4 Å². The van der Waals surface area contributed by atoms with Crippen LogP contribution in [0.3, 0.4) is 0 Å². The van der Waals surface area contributed by atoms with E-state index in [1.807, 2.05) is 26.0 Å². The number of amides is 1. The highest BCUT2D eigenvalue weighted by Crippen LogP contribution is 2.30. The molecule has 134 valence electrons. The quantitative estimate of drug-likeness (QED) is 0.785. The number of aromatic nitrogens is 2. The lowest BCUT2D eigenvalue weighted by molar-refractivity contribution is 0.0926. The molecule has 0 saturated heterocycles. The number of aryl methyl sites for hydroxylation is 1. The van der Waals surface area contributed by atoms with Gasteiger partial charge < -0.3 is 9.73 Å². The Morgan fingerprint density at radius 2 is 2.04 bits per heavy atom. The van der Waals surface area contributed by atoms with Crippen LogP contribution < -0.4 is 10.9 Å². The summed E-state index contributed by atoms with van der Waals surface area (Å²) in [7, 11) is 0. The number of hydrogen-bond donors (Lipinski definition) is 1. The smallest absolute Gasteiger partial charge is 0.274 e. The first-order valence-corrected chi connectivity index (χ1v) is 8.95. The molecule has 0 bridgehead atoms. The van der Waals surface area contributed by atoms with E-state index in [0.29, 0.717) is 10.8 Å².